The van der Waals surface area contributed by atoms with Gasteiger partial charge in [0.2, 0.25) is 15.9 Å². The summed E-state index contributed by atoms with van der Waals surface area (Å²) >= 11 is 0. The molecule has 7 nitrogen and oxygen atoms in total. The van der Waals surface area contributed by atoms with E-state index in [-0.39, 0.29) is 23.3 Å². The lowest BCUT2D eigenvalue weighted by molar-refractivity contribution is -0.123. The fraction of sp³-hybridized carbons (Fsp3) is 0.364. The highest BCUT2D eigenvalue weighted by Crippen LogP contribution is 2.32. The molecule has 1 heterocycles. The Morgan fingerprint density at radius 1 is 1.10 bits per heavy atom. The van der Waals surface area contributed by atoms with E-state index in [1.807, 2.05) is 13.0 Å². The van der Waals surface area contributed by atoms with Gasteiger partial charge in [-0.1, -0.05) is 44.2 Å². The molecule has 1 N–H and O–H groups in total. The molecule has 0 fully saturated rings. The molecule has 30 heavy (non-hydrogen) atoms. The number of nitrogens with zero attached hydrogens (tertiary/aromatic N) is 1. The maximum Gasteiger partial charge on any atom is 0.339 e. The number of esters is 1. The Balaban J connectivity index is 1.64. The number of hydrogen-bond acceptors (Lipinski definition) is 5. The predicted octanol–water partition coefficient (Wildman–Crippen LogP) is 3.20. The molecule has 0 spiro atoms. The molecular weight excluding hydrogens is 404 g/mol. The molecule has 0 radical (unpaired) electrons. The summed E-state index contributed by atoms with van der Waals surface area (Å²) in [5.41, 5.74) is 2.00. The minimum atomic E-state index is -3.52. The Morgan fingerprint density at radius 2 is 1.73 bits per heavy atom. The van der Waals surface area contributed by atoms with Crippen LogP contribution in [0, 0.1) is 0 Å². The van der Waals surface area contributed by atoms with Crippen LogP contribution in [0.15, 0.2) is 53.4 Å². The lowest BCUT2D eigenvalue weighted by atomic mass is 10.0. The standard InChI is InChI=1S/C22H26N2O5S/c1-4-24(5-2)30(27,28)17-12-10-16(11-13-17)15(3)23-21(25)14-20-18-8-6-7-9-19(18)22(26)29-20/h6-13,15,20H,4-5,14H2,1-3H3,(H,23,25)/t15-,20+/m0/s1. The van der Waals surface area contributed by atoms with Crippen LogP contribution in [-0.4, -0.2) is 37.7 Å². The molecule has 0 aliphatic carbocycles. The van der Waals surface area contributed by atoms with E-state index in [1.165, 1.54) is 4.31 Å². The summed E-state index contributed by atoms with van der Waals surface area (Å²) < 4.78 is 31.9. The molecule has 0 saturated heterocycles. The third-order valence-corrected chi connectivity index (χ3v) is 7.31. The third kappa shape index (κ3) is 4.39. The van der Waals surface area contributed by atoms with Crippen LogP contribution < -0.4 is 5.32 Å². The summed E-state index contributed by atoms with van der Waals surface area (Å²) in [6.07, 6.45) is -0.566. The van der Waals surface area contributed by atoms with E-state index in [0.29, 0.717) is 18.7 Å². The van der Waals surface area contributed by atoms with Crippen LogP contribution in [0.3, 0.4) is 0 Å². The second kappa shape index (κ2) is 8.97. The van der Waals surface area contributed by atoms with Crippen molar-refractivity contribution in [2.75, 3.05) is 13.1 Å². The summed E-state index contributed by atoms with van der Waals surface area (Å²) in [5.74, 6) is -0.668. The fourth-order valence-corrected chi connectivity index (χ4v) is 5.02. The maximum absolute atomic E-state index is 12.6. The summed E-state index contributed by atoms with van der Waals surface area (Å²) in [6.45, 7) is 6.23. The number of nitrogens with one attached hydrogen (secondary N) is 1. The van der Waals surface area contributed by atoms with E-state index in [1.54, 1.807) is 56.3 Å². The van der Waals surface area contributed by atoms with Crippen molar-refractivity contribution in [3.63, 3.8) is 0 Å². The van der Waals surface area contributed by atoms with E-state index in [9.17, 15) is 18.0 Å². The van der Waals surface area contributed by atoms with Crippen LogP contribution in [0.5, 0.6) is 0 Å². The number of rotatable bonds is 8. The molecule has 0 unspecified atom stereocenters. The van der Waals surface area contributed by atoms with E-state index < -0.39 is 22.1 Å². The molecule has 1 aliphatic heterocycles. The molecule has 1 aliphatic rings. The van der Waals surface area contributed by atoms with Gasteiger partial charge in [-0.25, -0.2) is 13.2 Å². The van der Waals surface area contributed by atoms with Crippen LogP contribution in [-0.2, 0) is 19.6 Å². The Morgan fingerprint density at radius 3 is 2.37 bits per heavy atom. The molecule has 2 aromatic rings. The topological polar surface area (TPSA) is 92.8 Å². The maximum atomic E-state index is 12.6. The van der Waals surface area contributed by atoms with Gasteiger partial charge in [0.15, 0.2) is 0 Å². The van der Waals surface area contributed by atoms with Gasteiger partial charge in [0.05, 0.1) is 22.9 Å². The second-order valence-corrected chi connectivity index (χ2v) is 9.07. The van der Waals surface area contributed by atoms with Crippen molar-refractivity contribution < 1.29 is 22.7 Å². The second-order valence-electron chi connectivity index (χ2n) is 7.13. The summed E-state index contributed by atoms with van der Waals surface area (Å²) in [7, 11) is -3.52. The molecule has 0 bridgehead atoms. The smallest absolute Gasteiger partial charge is 0.339 e. The van der Waals surface area contributed by atoms with Gasteiger partial charge in [-0.3, -0.25) is 4.79 Å². The van der Waals surface area contributed by atoms with Gasteiger partial charge < -0.3 is 10.1 Å². The van der Waals surface area contributed by atoms with Crippen LogP contribution in [0.25, 0.3) is 0 Å². The summed E-state index contributed by atoms with van der Waals surface area (Å²) in [5, 5.41) is 2.88. The number of hydrogen-bond donors (Lipinski definition) is 1. The van der Waals surface area contributed by atoms with Crippen molar-refractivity contribution in [3.8, 4) is 0 Å². The molecule has 8 heteroatoms. The molecule has 0 aromatic heterocycles. The van der Waals surface area contributed by atoms with E-state index >= 15 is 0 Å². The average molecular weight is 431 g/mol. The number of carbonyl (C=O) groups is 2. The van der Waals surface area contributed by atoms with Gasteiger partial charge in [-0.2, -0.15) is 4.31 Å². The molecular formula is C22H26N2O5S. The van der Waals surface area contributed by atoms with Crippen LogP contribution in [0.2, 0.25) is 0 Å². The number of amides is 1. The van der Waals surface area contributed by atoms with Crippen LogP contribution in [0.1, 0.15) is 60.8 Å². The van der Waals surface area contributed by atoms with Crippen molar-refractivity contribution >= 4 is 21.9 Å². The van der Waals surface area contributed by atoms with Gasteiger partial charge >= 0.3 is 5.97 Å². The lowest BCUT2D eigenvalue weighted by Gasteiger charge is -2.20. The SMILES string of the molecule is CCN(CC)S(=O)(=O)c1ccc([C@H](C)NC(=O)C[C@H]2OC(=O)c3ccccc32)cc1. The highest BCUT2D eigenvalue weighted by Gasteiger charge is 2.32. The Hall–Kier alpha value is -2.71. The zero-order valence-electron chi connectivity index (χ0n) is 17.3. The van der Waals surface area contributed by atoms with E-state index in [4.69, 9.17) is 4.74 Å². The van der Waals surface area contributed by atoms with Crippen molar-refractivity contribution in [2.24, 2.45) is 0 Å². The van der Waals surface area contributed by atoms with Crippen molar-refractivity contribution in [2.45, 2.75) is 44.2 Å². The zero-order valence-corrected chi connectivity index (χ0v) is 18.1. The number of fused-ring (bicyclic) bond motifs is 1. The molecule has 0 saturated carbocycles. The van der Waals surface area contributed by atoms with Crippen molar-refractivity contribution in [1.82, 2.24) is 9.62 Å². The first-order valence-corrected chi connectivity index (χ1v) is 11.4. The minimum absolute atomic E-state index is 0.0293. The highest BCUT2D eigenvalue weighted by atomic mass is 32.2. The van der Waals surface area contributed by atoms with Gasteiger partial charge in [0.25, 0.3) is 0 Å². The molecule has 2 aromatic carbocycles. The predicted molar refractivity (Wildman–Crippen MR) is 112 cm³/mol. The first-order valence-electron chi connectivity index (χ1n) is 9.97. The monoisotopic (exact) mass is 430 g/mol. The minimum Gasteiger partial charge on any atom is -0.453 e. The Labute approximate surface area is 177 Å². The first kappa shape index (κ1) is 22.0. The van der Waals surface area contributed by atoms with E-state index in [2.05, 4.69) is 5.32 Å². The van der Waals surface area contributed by atoms with E-state index in [0.717, 1.165) is 11.1 Å². The number of ether oxygens (including phenoxy) is 1. The zero-order chi connectivity index (χ0) is 21.9. The molecule has 1 amide bonds. The summed E-state index contributed by atoms with van der Waals surface area (Å²) in [4.78, 5) is 24.6. The molecule has 3 rings (SSSR count). The van der Waals surface area contributed by atoms with Crippen molar-refractivity contribution in [3.05, 3.63) is 65.2 Å². The Bertz CT molecular complexity index is 1030. The Kier molecular flexibility index (Phi) is 6.58. The lowest BCUT2D eigenvalue weighted by Crippen LogP contribution is -2.30. The first-order chi connectivity index (χ1) is 14.3. The number of carbonyl (C=O) groups excluding carboxylic acids is 2. The molecule has 160 valence electrons. The molecule has 2 atom stereocenters. The van der Waals surface area contributed by atoms with Crippen LogP contribution in [0.4, 0.5) is 0 Å². The summed E-state index contributed by atoms with van der Waals surface area (Å²) in [6, 6.07) is 13.2. The number of cyclic esters (lactones) is 1. The van der Waals surface area contributed by atoms with Crippen LogP contribution >= 0.6 is 0 Å². The third-order valence-electron chi connectivity index (χ3n) is 5.25. The number of benzene rings is 2. The van der Waals surface area contributed by atoms with Gasteiger partial charge in [-0.15, -0.1) is 0 Å². The average Bonchev–Trinajstić information content (AvgIpc) is 3.04. The quantitative estimate of drug-likeness (QED) is 0.649. The fourth-order valence-electron chi connectivity index (χ4n) is 3.56. The normalized spacial score (nSPS) is 16.8. The van der Waals surface area contributed by atoms with Gasteiger partial charge in [0, 0.05) is 18.7 Å². The largest absolute Gasteiger partial charge is 0.453 e. The van der Waals surface area contributed by atoms with Gasteiger partial charge in [0.1, 0.15) is 6.10 Å². The van der Waals surface area contributed by atoms with Crippen molar-refractivity contribution in [1.29, 1.82) is 0 Å². The van der Waals surface area contributed by atoms with Gasteiger partial charge in [-0.05, 0) is 30.7 Å². The highest BCUT2D eigenvalue weighted by molar-refractivity contribution is 7.89. The number of sulfonamides is 1.